The highest BCUT2D eigenvalue weighted by molar-refractivity contribution is 5.42. The molecule has 0 unspecified atom stereocenters. The highest BCUT2D eigenvalue weighted by Gasteiger charge is 2.20. The van der Waals surface area contributed by atoms with Gasteiger partial charge in [-0.2, -0.15) is 0 Å². The molecule has 0 aromatic heterocycles. The third-order valence-corrected chi connectivity index (χ3v) is 3.04. The minimum atomic E-state index is 0.00779. The fraction of sp³-hybridized carbons (Fsp3) is 0.571. The van der Waals surface area contributed by atoms with Crippen LogP contribution in [0.2, 0.25) is 0 Å². The van der Waals surface area contributed by atoms with Gasteiger partial charge in [-0.15, -0.1) is 0 Å². The number of rotatable bonds is 8. The van der Waals surface area contributed by atoms with E-state index < -0.39 is 0 Å². The highest BCUT2D eigenvalue weighted by Crippen LogP contribution is 2.29. The average Bonchev–Trinajstić information content (AvgIpc) is 3.21. The molecule has 100 valence electrons. The minimum Gasteiger partial charge on any atom is -0.493 e. The van der Waals surface area contributed by atoms with E-state index in [4.69, 9.17) is 14.6 Å². The Labute approximate surface area is 108 Å². The summed E-state index contributed by atoms with van der Waals surface area (Å²) >= 11 is 0. The van der Waals surface area contributed by atoms with Crippen LogP contribution in [0.1, 0.15) is 18.4 Å². The van der Waals surface area contributed by atoms with Crippen LogP contribution in [0.4, 0.5) is 0 Å². The number of methoxy groups -OCH3 is 1. The summed E-state index contributed by atoms with van der Waals surface area (Å²) in [5, 5.41) is 12.2. The van der Waals surface area contributed by atoms with Crippen LogP contribution in [0, 0.1) is 5.92 Å². The first-order chi connectivity index (χ1) is 8.83. The number of nitrogens with one attached hydrogen (secondary N) is 1. The molecular weight excluding hydrogens is 230 g/mol. The standard InChI is InChI=1S/C14H21NO3/c1-17-14-8-12(10-15-9-11-2-3-11)4-5-13(14)18-7-6-16/h4-5,8,11,15-16H,2-3,6-7,9-10H2,1H3. The summed E-state index contributed by atoms with van der Waals surface area (Å²) in [5.41, 5.74) is 1.18. The first kappa shape index (κ1) is 13.2. The van der Waals surface area contributed by atoms with Gasteiger partial charge in [0, 0.05) is 6.54 Å². The van der Waals surface area contributed by atoms with Crippen molar-refractivity contribution < 1.29 is 14.6 Å². The van der Waals surface area contributed by atoms with Crippen molar-refractivity contribution >= 4 is 0 Å². The molecule has 4 heteroatoms. The molecule has 1 aliphatic carbocycles. The van der Waals surface area contributed by atoms with Crippen LogP contribution in [0.3, 0.4) is 0 Å². The van der Waals surface area contributed by atoms with Crippen molar-refractivity contribution in [2.75, 3.05) is 26.9 Å². The molecule has 1 aromatic rings. The molecule has 1 saturated carbocycles. The summed E-state index contributed by atoms with van der Waals surface area (Å²) in [6.07, 6.45) is 2.73. The van der Waals surface area contributed by atoms with Crippen molar-refractivity contribution in [1.29, 1.82) is 0 Å². The molecule has 0 spiro atoms. The summed E-state index contributed by atoms with van der Waals surface area (Å²) in [6.45, 7) is 2.25. The molecule has 0 bridgehead atoms. The lowest BCUT2D eigenvalue weighted by Gasteiger charge is -2.12. The van der Waals surface area contributed by atoms with E-state index >= 15 is 0 Å². The number of ether oxygens (including phenoxy) is 2. The van der Waals surface area contributed by atoms with Gasteiger partial charge >= 0.3 is 0 Å². The number of aliphatic hydroxyl groups excluding tert-OH is 1. The van der Waals surface area contributed by atoms with Crippen molar-refractivity contribution in [2.24, 2.45) is 5.92 Å². The van der Waals surface area contributed by atoms with Crippen LogP contribution in [0.5, 0.6) is 11.5 Å². The van der Waals surface area contributed by atoms with Crippen LogP contribution >= 0.6 is 0 Å². The zero-order chi connectivity index (χ0) is 12.8. The fourth-order valence-corrected chi connectivity index (χ4v) is 1.84. The van der Waals surface area contributed by atoms with Crippen molar-refractivity contribution in [3.05, 3.63) is 23.8 Å². The zero-order valence-electron chi connectivity index (χ0n) is 10.8. The first-order valence-corrected chi connectivity index (χ1v) is 6.44. The lowest BCUT2D eigenvalue weighted by atomic mass is 10.2. The van der Waals surface area contributed by atoms with E-state index in [9.17, 15) is 0 Å². The molecule has 0 radical (unpaired) electrons. The van der Waals surface area contributed by atoms with Crippen LogP contribution in [-0.4, -0.2) is 32.0 Å². The molecule has 2 rings (SSSR count). The highest BCUT2D eigenvalue weighted by atomic mass is 16.5. The van der Waals surface area contributed by atoms with Gasteiger partial charge in [0.1, 0.15) is 6.61 Å². The second kappa shape index (κ2) is 6.61. The molecule has 1 fully saturated rings. The fourth-order valence-electron chi connectivity index (χ4n) is 1.84. The number of aliphatic hydroxyl groups is 1. The number of hydrogen-bond acceptors (Lipinski definition) is 4. The van der Waals surface area contributed by atoms with Crippen molar-refractivity contribution in [3.63, 3.8) is 0 Å². The molecule has 0 saturated heterocycles. The Balaban J connectivity index is 1.89. The Kier molecular flexibility index (Phi) is 4.84. The summed E-state index contributed by atoms with van der Waals surface area (Å²) < 4.78 is 10.7. The van der Waals surface area contributed by atoms with Gasteiger partial charge in [0.15, 0.2) is 11.5 Å². The normalized spacial score (nSPS) is 14.6. The largest absolute Gasteiger partial charge is 0.493 e. The van der Waals surface area contributed by atoms with E-state index in [0.717, 1.165) is 19.0 Å². The van der Waals surface area contributed by atoms with Gasteiger partial charge in [0.25, 0.3) is 0 Å². The third-order valence-electron chi connectivity index (χ3n) is 3.04. The van der Waals surface area contributed by atoms with Crippen LogP contribution in [0.25, 0.3) is 0 Å². The van der Waals surface area contributed by atoms with Gasteiger partial charge in [-0.1, -0.05) is 6.07 Å². The smallest absolute Gasteiger partial charge is 0.161 e. The maximum atomic E-state index is 8.74. The second-order valence-electron chi connectivity index (χ2n) is 4.63. The van der Waals surface area contributed by atoms with Crippen LogP contribution in [-0.2, 0) is 6.54 Å². The third kappa shape index (κ3) is 3.89. The quantitative estimate of drug-likeness (QED) is 0.736. The van der Waals surface area contributed by atoms with Crippen molar-refractivity contribution in [2.45, 2.75) is 19.4 Å². The minimum absolute atomic E-state index is 0.00779. The molecule has 18 heavy (non-hydrogen) atoms. The van der Waals surface area contributed by atoms with E-state index in [2.05, 4.69) is 5.32 Å². The summed E-state index contributed by atoms with van der Waals surface area (Å²) in [7, 11) is 1.63. The summed E-state index contributed by atoms with van der Waals surface area (Å²) in [6, 6.07) is 5.89. The lowest BCUT2D eigenvalue weighted by Crippen LogP contribution is -2.16. The van der Waals surface area contributed by atoms with Gasteiger partial charge in [-0.05, 0) is 43.0 Å². The van der Waals surface area contributed by atoms with Gasteiger partial charge < -0.3 is 19.9 Å². The Morgan fingerprint density at radius 2 is 2.17 bits per heavy atom. The maximum Gasteiger partial charge on any atom is 0.161 e. The molecule has 4 nitrogen and oxygen atoms in total. The second-order valence-corrected chi connectivity index (χ2v) is 4.63. The van der Waals surface area contributed by atoms with Gasteiger partial charge in [0.05, 0.1) is 13.7 Å². The average molecular weight is 251 g/mol. The maximum absolute atomic E-state index is 8.74. The predicted octanol–water partition coefficient (Wildman–Crippen LogP) is 1.57. The lowest BCUT2D eigenvalue weighted by molar-refractivity contribution is 0.196. The van der Waals surface area contributed by atoms with E-state index in [1.54, 1.807) is 7.11 Å². The molecule has 0 atom stereocenters. The molecule has 0 amide bonds. The predicted molar refractivity (Wildman–Crippen MR) is 70.0 cm³/mol. The van der Waals surface area contributed by atoms with Crippen LogP contribution in [0.15, 0.2) is 18.2 Å². The van der Waals surface area contributed by atoms with Gasteiger partial charge in [-0.3, -0.25) is 0 Å². The van der Waals surface area contributed by atoms with Gasteiger partial charge in [-0.25, -0.2) is 0 Å². The first-order valence-electron chi connectivity index (χ1n) is 6.44. The van der Waals surface area contributed by atoms with Crippen LogP contribution < -0.4 is 14.8 Å². The van der Waals surface area contributed by atoms with E-state index in [-0.39, 0.29) is 13.2 Å². The van der Waals surface area contributed by atoms with E-state index in [1.807, 2.05) is 18.2 Å². The summed E-state index contributed by atoms with van der Waals surface area (Å²) in [4.78, 5) is 0. The Hall–Kier alpha value is -1.26. The topological polar surface area (TPSA) is 50.7 Å². The number of hydrogen-bond donors (Lipinski definition) is 2. The molecule has 1 aromatic carbocycles. The Bertz CT molecular complexity index is 377. The number of benzene rings is 1. The van der Waals surface area contributed by atoms with E-state index in [0.29, 0.717) is 11.5 Å². The molecule has 1 aliphatic rings. The molecule has 2 N–H and O–H groups in total. The van der Waals surface area contributed by atoms with Crippen molar-refractivity contribution in [1.82, 2.24) is 5.32 Å². The molecule has 0 heterocycles. The van der Waals surface area contributed by atoms with Gasteiger partial charge in [0.2, 0.25) is 0 Å². The summed E-state index contributed by atoms with van der Waals surface area (Å²) in [5.74, 6) is 2.28. The Morgan fingerprint density at radius 1 is 1.33 bits per heavy atom. The van der Waals surface area contributed by atoms with Crippen molar-refractivity contribution in [3.8, 4) is 11.5 Å². The molecular formula is C14H21NO3. The molecule has 0 aliphatic heterocycles. The van der Waals surface area contributed by atoms with E-state index in [1.165, 1.54) is 18.4 Å². The SMILES string of the molecule is COc1cc(CNCC2CC2)ccc1OCCO. The Morgan fingerprint density at radius 3 is 2.83 bits per heavy atom. The monoisotopic (exact) mass is 251 g/mol. The zero-order valence-corrected chi connectivity index (χ0v) is 10.8.